The number of hydrogen-bond acceptors (Lipinski definition) is 4. The standard InChI is InChI=1S/C7H11N3O2/c1-2-12-7(11)6-3-5(8)4-10(6)9/h3-4H,2,8-9H2,1H3. The van der Waals surface area contributed by atoms with E-state index >= 15 is 0 Å². The van der Waals surface area contributed by atoms with Crippen LogP contribution >= 0.6 is 0 Å². The minimum absolute atomic E-state index is 0.259. The Labute approximate surface area is 69.9 Å². The van der Waals surface area contributed by atoms with Crippen molar-refractivity contribution in [2.45, 2.75) is 6.92 Å². The quantitative estimate of drug-likeness (QED) is 0.480. The van der Waals surface area contributed by atoms with Crippen LogP contribution in [-0.2, 0) is 4.74 Å². The molecule has 4 N–H and O–H groups in total. The molecular formula is C7H11N3O2. The Balaban J connectivity index is 2.87. The number of hydrogen-bond donors (Lipinski definition) is 2. The molecule has 0 unspecified atom stereocenters. The van der Waals surface area contributed by atoms with Gasteiger partial charge in [-0.2, -0.15) is 0 Å². The molecule has 0 saturated carbocycles. The fraction of sp³-hybridized carbons (Fsp3) is 0.286. The number of rotatable bonds is 2. The number of aromatic nitrogens is 1. The maximum absolute atomic E-state index is 11.1. The number of carbonyl (C=O) groups is 1. The zero-order chi connectivity index (χ0) is 9.14. The third-order valence-corrected chi connectivity index (χ3v) is 1.35. The summed E-state index contributed by atoms with van der Waals surface area (Å²) in [4.78, 5) is 11.1. The molecule has 12 heavy (non-hydrogen) atoms. The van der Waals surface area contributed by atoms with Crippen LogP contribution in [0.2, 0.25) is 0 Å². The van der Waals surface area contributed by atoms with Crippen molar-refractivity contribution in [2.75, 3.05) is 18.2 Å². The Morgan fingerprint density at radius 1 is 1.75 bits per heavy atom. The van der Waals surface area contributed by atoms with E-state index in [9.17, 15) is 4.79 Å². The van der Waals surface area contributed by atoms with Crippen molar-refractivity contribution < 1.29 is 9.53 Å². The van der Waals surface area contributed by atoms with Gasteiger partial charge in [0.1, 0.15) is 5.69 Å². The molecule has 0 fully saturated rings. The molecule has 0 amide bonds. The normalized spacial score (nSPS) is 9.75. The number of nitrogens with zero attached hydrogens (tertiary/aromatic N) is 1. The molecular weight excluding hydrogens is 158 g/mol. The first-order chi connectivity index (χ1) is 5.65. The van der Waals surface area contributed by atoms with Gasteiger partial charge in [-0.1, -0.05) is 0 Å². The molecule has 0 radical (unpaired) electrons. The Morgan fingerprint density at radius 3 is 2.83 bits per heavy atom. The minimum atomic E-state index is -0.461. The molecule has 5 nitrogen and oxygen atoms in total. The van der Waals surface area contributed by atoms with Gasteiger partial charge in [-0.3, -0.25) is 4.68 Å². The Hall–Kier alpha value is -1.65. The van der Waals surface area contributed by atoms with Crippen molar-refractivity contribution in [3.05, 3.63) is 18.0 Å². The summed E-state index contributed by atoms with van der Waals surface area (Å²) in [6, 6.07) is 1.47. The molecule has 1 aromatic rings. The number of nitrogen functional groups attached to an aromatic ring is 2. The molecule has 1 rings (SSSR count). The Morgan fingerprint density at radius 2 is 2.42 bits per heavy atom. The van der Waals surface area contributed by atoms with E-state index in [-0.39, 0.29) is 5.69 Å². The van der Waals surface area contributed by atoms with Gasteiger partial charge in [0.05, 0.1) is 12.3 Å². The van der Waals surface area contributed by atoms with Gasteiger partial charge in [0.15, 0.2) is 0 Å². The average Bonchev–Trinajstić information content (AvgIpc) is 2.30. The number of ether oxygens (including phenoxy) is 1. The maximum atomic E-state index is 11.1. The van der Waals surface area contributed by atoms with Crippen LogP contribution in [0.15, 0.2) is 12.3 Å². The van der Waals surface area contributed by atoms with Gasteiger partial charge in [-0.25, -0.2) is 4.79 Å². The lowest BCUT2D eigenvalue weighted by atomic mass is 10.4. The van der Waals surface area contributed by atoms with Crippen molar-refractivity contribution >= 4 is 11.7 Å². The summed E-state index contributed by atoms with van der Waals surface area (Å²) < 4.78 is 5.87. The van der Waals surface area contributed by atoms with Crippen LogP contribution in [0.4, 0.5) is 5.69 Å². The molecule has 1 aromatic heterocycles. The number of nitrogens with two attached hydrogens (primary N) is 2. The lowest BCUT2D eigenvalue weighted by Gasteiger charge is -2.01. The zero-order valence-electron chi connectivity index (χ0n) is 6.78. The number of anilines is 1. The van der Waals surface area contributed by atoms with Crippen LogP contribution in [0.5, 0.6) is 0 Å². The summed E-state index contributed by atoms with van der Waals surface area (Å²) in [5.41, 5.74) is 6.11. The highest BCUT2D eigenvalue weighted by atomic mass is 16.5. The van der Waals surface area contributed by atoms with Crippen molar-refractivity contribution in [2.24, 2.45) is 0 Å². The largest absolute Gasteiger partial charge is 0.461 e. The molecule has 0 spiro atoms. The van der Waals surface area contributed by atoms with E-state index in [1.807, 2.05) is 0 Å². The van der Waals surface area contributed by atoms with Crippen LogP contribution in [0.1, 0.15) is 17.4 Å². The molecule has 0 saturated heterocycles. The van der Waals surface area contributed by atoms with Crippen LogP contribution in [0, 0.1) is 0 Å². The smallest absolute Gasteiger partial charge is 0.356 e. The second kappa shape index (κ2) is 3.17. The third kappa shape index (κ3) is 1.50. The Bertz CT molecular complexity index is 293. The average molecular weight is 169 g/mol. The van der Waals surface area contributed by atoms with Gasteiger partial charge in [0.25, 0.3) is 0 Å². The van der Waals surface area contributed by atoms with E-state index in [4.69, 9.17) is 16.3 Å². The van der Waals surface area contributed by atoms with Gasteiger partial charge < -0.3 is 16.3 Å². The molecule has 0 aliphatic rings. The van der Waals surface area contributed by atoms with Crippen molar-refractivity contribution in [3.63, 3.8) is 0 Å². The summed E-state index contributed by atoms with van der Waals surface area (Å²) in [7, 11) is 0. The van der Waals surface area contributed by atoms with Gasteiger partial charge in [0.2, 0.25) is 0 Å². The SMILES string of the molecule is CCOC(=O)c1cc(N)cn1N. The topological polar surface area (TPSA) is 83.3 Å². The van der Waals surface area contributed by atoms with Crippen molar-refractivity contribution in [1.29, 1.82) is 0 Å². The van der Waals surface area contributed by atoms with Crippen LogP contribution in [0.25, 0.3) is 0 Å². The highest BCUT2D eigenvalue weighted by Crippen LogP contribution is 2.08. The lowest BCUT2D eigenvalue weighted by molar-refractivity contribution is 0.0516. The lowest BCUT2D eigenvalue weighted by Crippen LogP contribution is -2.16. The number of carbonyl (C=O) groups excluding carboxylic acids is 1. The Kier molecular flexibility index (Phi) is 2.23. The van der Waals surface area contributed by atoms with E-state index in [0.717, 1.165) is 4.68 Å². The minimum Gasteiger partial charge on any atom is -0.461 e. The second-order valence-electron chi connectivity index (χ2n) is 2.29. The summed E-state index contributed by atoms with van der Waals surface area (Å²) in [6.07, 6.45) is 1.45. The maximum Gasteiger partial charge on any atom is 0.356 e. The molecule has 66 valence electrons. The van der Waals surface area contributed by atoms with Gasteiger partial charge >= 0.3 is 5.97 Å². The van der Waals surface area contributed by atoms with Gasteiger partial charge in [0, 0.05) is 6.20 Å². The van der Waals surface area contributed by atoms with Crippen LogP contribution < -0.4 is 11.6 Å². The van der Waals surface area contributed by atoms with Gasteiger partial charge in [-0.05, 0) is 13.0 Å². The van der Waals surface area contributed by atoms with Crippen LogP contribution in [-0.4, -0.2) is 17.3 Å². The molecule has 5 heteroatoms. The molecule has 0 aliphatic carbocycles. The predicted molar refractivity (Wildman–Crippen MR) is 45.0 cm³/mol. The summed E-state index contributed by atoms with van der Waals surface area (Å²) >= 11 is 0. The molecule has 0 bridgehead atoms. The highest BCUT2D eigenvalue weighted by molar-refractivity contribution is 5.89. The van der Waals surface area contributed by atoms with Crippen molar-refractivity contribution in [3.8, 4) is 0 Å². The highest BCUT2D eigenvalue weighted by Gasteiger charge is 2.11. The van der Waals surface area contributed by atoms with E-state index in [2.05, 4.69) is 0 Å². The monoisotopic (exact) mass is 169 g/mol. The van der Waals surface area contributed by atoms with E-state index in [0.29, 0.717) is 12.3 Å². The first-order valence-corrected chi connectivity index (χ1v) is 3.55. The predicted octanol–water partition coefficient (Wildman–Crippen LogP) is -0.0392. The summed E-state index contributed by atoms with van der Waals surface area (Å²) in [5.74, 6) is 4.95. The molecule has 0 aliphatic heterocycles. The third-order valence-electron chi connectivity index (χ3n) is 1.35. The van der Waals surface area contributed by atoms with E-state index < -0.39 is 5.97 Å². The number of esters is 1. The first kappa shape index (κ1) is 8.45. The fourth-order valence-electron chi connectivity index (χ4n) is 0.869. The molecule has 1 heterocycles. The fourth-order valence-corrected chi connectivity index (χ4v) is 0.869. The van der Waals surface area contributed by atoms with Gasteiger partial charge in [-0.15, -0.1) is 0 Å². The summed E-state index contributed by atoms with van der Waals surface area (Å²) in [5, 5.41) is 0. The summed E-state index contributed by atoms with van der Waals surface area (Å²) in [6.45, 7) is 2.05. The van der Waals surface area contributed by atoms with Crippen molar-refractivity contribution in [1.82, 2.24) is 4.68 Å². The molecule has 0 aromatic carbocycles. The van der Waals surface area contributed by atoms with E-state index in [1.54, 1.807) is 6.92 Å². The first-order valence-electron chi connectivity index (χ1n) is 3.55. The molecule has 0 atom stereocenters. The zero-order valence-corrected chi connectivity index (χ0v) is 6.78. The van der Waals surface area contributed by atoms with E-state index in [1.165, 1.54) is 12.3 Å². The second-order valence-corrected chi connectivity index (χ2v) is 2.29. The van der Waals surface area contributed by atoms with Crippen LogP contribution in [0.3, 0.4) is 0 Å².